The molecule has 1 amide bonds. The number of rotatable bonds is 4. The molecule has 0 bridgehead atoms. The topological polar surface area (TPSA) is 73.6 Å². The highest BCUT2D eigenvalue weighted by molar-refractivity contribution is 5.81. The first kappa shape index (κ1) is 12.2. The molecule has 0 heterocycles. The van der Waals surface area contributed by atoms with Crippen molar-refractivity contribution < 1.29 is 23.0 Å². The SMILES string of the molecule is COc1ccc(OC(F)(F)C(=O)NN)cc1. The van der Waals surface area contributed by atoms with Gasteiger partial charge >= 0.3 is 12.0 Å². The lowest BCUT2D eigenvalue weighted by Crippen LogP contribution is -2.47. The lowest BCUT2D eigenvalue weighted by Gasteiger charge is -2.15. The highest BCUT2D eigenvalue weighted by Crippen LogP contribution is 2.23. The average molecular weight is 232 g/mol. The molecule has 3 N–H and O–H groups in total. The number of carbonyl (C=O) groups excluding carboxylic acids is 1. The first-order valence-electron chi connectivity index (χ1n) is 4.21. The Hall–Kier alpha value is -1.89. The minimum absolute atomic E-state index is 0.172. The third kappa shape index (κ3) is 2.80. The summed E-state index contributed by atoms with van der Waals surface area (Å²) in [5.41, 5.74) is 1.31. The van der Waals surface area contributed by atoms with E-state index in [0.717, 1.165) is 0 Å². The van der Waals surface area contributed by atoms with E-state index in [4.69, 9.17) is 4.74 Å². The molecule has 7 heteroatoms. The fraction of sp³-hybridized carbons (Fsp3) is 0.222. The Bertz CT molecular complexity index is 368. The van der Waals surface area contributed by atoms with Crippen molar-refractivity contribution in [2.45, 2.75) is 6.11 Å². The minimum Gasteiger partial charge on any atom is -0.497 e. The van der Waals surface area contributed by atoms with Crippen LogP contribution in [0.1, 0.15) is 0 Å². The number of hydrazine groups is 1. The van der Waals surface area contributed by atoms with Gasteiger partial charge in [0.05, 0.1) is 7.11 Å². The molecule has 0 aliphatic rings. The normalized spacial score (nSPS) is 10.8. The van der Waals surface area contributed by atoms with Crippen LogP contribution >= 0.6 is 0 Å². The molecule has 1 aromatic carbocycles. The predicted molar refractivity (Wildman–Crippen MR) is 50.9 cm³/mol. The number of methoxy groups -OCH3 is 1. The predicted octanol–water partition coefficient (Wildman–Crippen LogP) is 0.657. The van der Waals surface area contributed by atoms with Crippen LogP contribution in [0.2, 0.25) is 0 Å². The Morgan fingerprint density at radius 3 is 2.25 bits per heavy atom. The third-order valence-corrected chi connectivity index (χ3v) is 1.70. The standard InChI is InChI=1S/C9H10F2N2O3/c1-15-6-2-4-7(5-3-6)16-9(10,11)8(14)13-12/h2-5H,12H2,1H3,(H,13,14). The molecule has 16 heavy (non-hydrogen) atoms. The van der Waals surface area contributed by atoms with Gasteiger partial charge in [0.15, 0.2) is 0 Å². The van der Waals surface area contributed by atoms with Crippen molar-refractivity contribution in [1.29, 1.82) is 0 Å². The van der Waals surface area contributed by atoms with Gasteiger partial charge in [-0.2, -0.15) is 8.78 Å². The molecule has 0 radical (unpaired) electrons. The molecule has 0 aromatic heterocycles. The molecular weight excluding hydrogens is 222 g/mol. The van der Waals surface area contributed by atoms with Crippen molar-refractivity contribution in [2.75, 3.05) is 7.11 Å². The van der Waals surface area contributed by atoms with Gasteiger partial charge in [-0.25, -0.2) is 5.84 Å². The lowest BCUT2D eigenvalue weighted by molar-refractivity contribution is -0.192. The number of alkyl halides is 2. The van der Waals surface area contributed by atoms with E-state index >= 15 is 0 Å². The Labute approximate surface area is 90.1 Å². The van der Waals surface area contributed by atoms with Crippen molar-refractivity contribution in [1.82, 2.24) is 5.43 Å². The van der Waals surface area contributed by atoms with Crippen molar-refractivity contribution >= 4 is 5.91 Å². The van der Waals surface area contributed by atoms with Crippen LogP contribution in [0.4, 0.5) is 8.78 Å². The third-order valence-electron chi connectivity index (χ3n) is 1.70. The zero-order chi connectivity index (χ0) is 12.2. The lowest BCUT2D eigenvalue weighted by atomic mass is 10.3. The first-order valence-corrected chi connectivity index (χ1v) is 4.21. The van der Waals surface area contributed by atoms with Gasteiger partial charge in [0.2, 0.25) is 0 Å². The summed E-state index contributed by atoms with van der Waals surface area (Å²) in [5, 5.41) is 0. The van der Waals surface area contributed by atoms with E-state index in [2.05, 4.69) is 10.6 Å². The maximum absolute atomic E-state index is 12.9. The van der Waals surface area contributed by atoms with Gasteiger partial charge in [0.25, 0.3) is 0 Å². The largest absolute Gasteiger partial charge is 0.497 e. The molecule has 0 saturated carbocycles. The second-order valence-corrected chi connectivity index (χ2v) is 2.77. The second-order valence-electron chi connectivity index (χ2n) is 2.77. The van der Waals surface area contributed by atoms with E-state index in [1.165, 1.54) is 36.8 Å². The number of carbonyl (C=O) groups is 1. The highest BCUT2D eigenvalue weighted by Gasteiger charge is 2.41. The van der Waals surface area contributed by atoms with Crippen LogP contribution in [0.15, 0.2) is 24.3 Å². The van der Waals surface area contributed by atoms with Crippen LogP contribution in [0.5, 0.6) is 11.5 Å². The molecule has 0 spiro atoms. The highest BCUT2D eigenvalue weighted by atomic mass is 19.3. The summed E-state index contributed by atoms with van der Waals surface area (Å²) in [7, 11) is 1.44. The van der Waals surface area contributed by atoms with E-state index in [1.807, 2.05) is 0 Å². The molecule has 0 aliphatic heterocycles. The maximum Gasteiger partial charge on any atom is 0.483 e. The summed E-state index contributed by atoms with van der Waals surface area (Å²) in [5.74, 6) is 3.17. The van der Waals surface area contributed by atoms with Crippen LogP contribution < -0.4 is 20.7 Å². The molecule has 0 aliphatic carbocycles. The van der Waals surface area contributed by atoms with E-state index in [-0.39, 0.29) is 5.75 Å². The zero-order valence-electron chi connectivity index (χ0n) is 8.37. The van der Waals surface area contributed by atoms with Crippen molar-refractivity contribution in [3.63, 3.8) is 0 Å². The second kappa shape index (κ2) is 4.75. The molecule has 0 saturated heterocycles. The van der Waals surface area contributed by atoms with Crippen LogP contribution in [-0.4, -0.2) is 19.1 Å². The Kier molecular flexibility index (Phi) is 3.62. The van der Waals surface area contributed by atoms with E-state index < -0.39 is 12.0 Å². The molecule has 1 aromatic rings. The zero-order valence-corrected chi connectivity index (χ0v) is 8.37. The fourth-order valence-electron chi connectivity index (χ4n) is 0.922. The van der Waals surface area contributed by atoms with Crippen LogP contribution in [0.25, 0.3) is 0 Å². The number of nitrogens with one attached hydrogen (secondary N) is 1. The number of benzene rings is 1. The molecule has 0 atom stereocenters. The number of hydrogen-bond acceptors (Lipinski definition) is 4. The summed E-state index contributed by atoms with van der Waals surface area (Å²) in [6, 6.07) is 5.34. The van der Waals surface area contributed by atoms with Gasteiger partial charge in [0.1, 0.15) is 11.5 Å². The Morgan fingerprint density at radius 2 is 1.81 bits per heavy atom. The molecule has 0 fully saturated rings. The molecule has 5 nitrogen and oxygen atoms in total. The van der Waals surface area contributed by atoms with Gasteiger partial charge in [-0.05, 0) is 24.3 Å². The molecular formula is C9H10F2N2O3. The Morgan fingerprint density at radius 1 is 1.31 bits per heavy atom. The number of halogens is 2. The fourth-order valence-corrected chi connectivity index (χ4v) is 0.922. The van der Waals surface area contributed by atoms with Crippen LogP contribution in [0.3, 0.4) is 0 Å². The van der Waals surface area contributed by atoms with Gasteiger partial charge in [-0.3, -0.25) is 10.2 Å². The Balaban J connectivity index is 2.76. The van der Waals surface area contributed by atoms with Gasteiger partial charge in [-0.15, -0.1) is 0 Å². The number of ether oxygens (including phenoxy) is 2. The number of hydrogen-bond donors (Lipinski definition) is 2. The van der Waals surface area contributed by atoms with Crippen LogP contribution in [0, 0.1) is 0 Å². The van der Waals surface area contributed by atoms with E-state index in [0.29, 0.717) is 5.75 Å². The van der Waals surface area contributed by atoms with Crippen molar-refractivity contribution in [3.8, 4) is 11.5 Å². The molecule has 88 valence electrons. The summed E-state index contributed by atoms with van der Waals surface area (Å²) in [6.45, 7) is 0. The molecule has 1 rings (SSSR count). The molecule has 0 unspecified atom stereocenters. The maximum atomic E-state index is 12.9. The summed E-state index contributed by atoms with van der Waals surface area (Å²) >= 11 is 0. The summed E-state index contributed by atoms with van der Waals surface area (Å²) in [4.78, 5) is 10.6. The smallest absolute Gasteiger partial charge is 0.483 e. The minimum atomic E-state index is -4.01. The van der Waals surface area contributed by atoms with Crippen molar-refractivity contribution in [3.05, 3.63) is 24.3 Å². The number of nitrogens with two attached hydrogens (primary N) is 1. The summed E-state index contributed by atoms with van der Waals surface area (Å²) in [6.07, 6.45) is -4.01. The first-order chi connectivity index (χ1) is 7.49. The van der Waals surface area contributed by atoms with Crippen molar-refractivity contribution in [2.24, 2.45) is 5.84 Å². The van der Waals surface area contributed by atoms with Crippen LogP contribution in [-0.2, 0) is 4.79 Å². The van der Waals surface area contributed by atoms with Gasteiger partial charge in [-0.1, -0.05) is 0 Å². The van der Waals surface area contributed by atoms with E-state index in [9.17, 15) is 13.6 Å². The number of amides is 1. The van der Waals surface area contributed by atoms with E-state index in [1.54, 1.807) is 0 Å². The van der Waals surface area contributed by atoms with Gasteiger partial charge in [0, 0.05) is 0 Å². The summed E-state index contributed by atoms with van der Waals surface area (Å²) < 4.78 is 34.9. The quantitative estimate of drug-likeness (QED) is 0.454. The average Bonchev–Trinajstić information content (AvgIpc) is 2.28. The monoisotopic (exact) mass is 232 g/mol. The van der Waals surface area contributed by atoms with Gasteiger partial charge < -0.3 is 9.47 Å².